The Labute approximate surface area is 107 Å². The van der Waals surface area contributed by atoms with Crippen LogP contribution in [-0.4, -0.2) is 50.8 Å². The third-order valence-corrected chi connectivity index (χ3v) is 3.44. The van der Waals surface area contributed by atoms with Gasteiger partial charge in [0.15, 0.2) is 0 Å². The van der Waals surface area contributed by atoms with Crippen LogP contribution in [0.1, 0.15) is 39.5 Å². The van der Waals surface area contributed by atoms with Gasteiger partial charge in [0.1, 0.15) is 0 Å². The van der Waals surface area contributed by atoms with Crippen LogP contribution in [-0.2, 0) is 4.74 Å². The summed E-state index contributed by atoms with van der Waals surface area (Å²) >= 11 is 0. The standard InChI is InChI=1S/C14H30N2O/c1-3-17-12-5-4-8-15-9-11-16-10-6-7-14(2)13-16/h14-15H,3-13H2,1-2H3. The molecule has 0 aromatic rings. The van der Waals surface area contributed by atoms with Crippen molar-refractivity contribution in [2.75, 3.05) is 45.9 Å². The second-order valence-corrected chi connectivity index (χ2v) is 5.20. The van der Waals surface area contributed by atoms with Crippen molar-refractivity contribution < 1.29 is 4.74 Å². The largest absolute Gasteiger partial charge is 0.382 e. The minimum atomic E-state index is 0.848. The summed E-state index contributed by atoms with van der Waals surface area (Å²) < 4.78 is 5.31. The van der Waals surface area contributed by atoms with Gasteiger partial charge in [-0.25, -0.2) is 0 Å². The lowest BCUT2D eigenvalue weighted by Gasteiger charge is -2.30. The van der Waals surface area contributed by atoms with E-state index in [9.17, 15) is 0 Å². The van der Waals surface area contributed by atoms with Crippen molar-refractivity contribution in [1.29, 1.82) is 0 Å². The van der Waals surface area contributed by atoms with Gasteiger partial charge in [0, 0.05) is 32.8 Å². The average molecular weight is 242 g/mol. The highest BCUT2D eigenvalue weighted by Crippen LogP contribution is 2.14. The number of nitrogens with zero attached hydrogens (tertiary/aromatic N) is 1. The molecule has 17 heavy (non-hydrogen) atoms. The first kappa shape index (κ1) is 14.9. The maximum atomic E-state index is 5.31. The van der Waals surface area contributed by atoms with Crippen LogP contribution in [0, 0.1) is 5.92 Å². The van der Waals surface area contributed by atoms with Crippen molar-refractivity contribution in [1.82, 2.24) is 10.2 Å². The van der Waals surface area contributed by atoms with E-state index in [0.717, 1.165) is 32.2 Å². The molecule has 1 heterocycles. The smallest absolute Gasteiger partial charge is 0.0466 e. The van der Waals surface area contributed by atoms with Crippen LogP contribution in [0.5, 0.6) is 0 Å². The number of unbranched alkanes of at least 4 members (excludes halogenated alkanes) is 1. The Bertz CT molecular complexity index is 176. The van der Waals surface area contributed by atoms with Crippen LogP contribution in [0.3, 0.4) is 0 Å². The Morgan fingerprint density at radius 3 is 2.94 bits per heavy atom. The lowest BCUT2D eigenvalue weighted by Crippen LogP contribution is -2.39. The summed E-state index contributed by atoms with van der Waals surface area (Å²) in [5.41, 5.74) is 0. The molecule has 0 bridgehead atoms. The van der Waals surface area contributed by atoms with Crippen LogP contribution < -0.4 is 5.32 Å². The summed E-state index contributed by atoms with van der Waals surface area (Å²) in [5.74, 6) is 0.898. The summed E-state index contributed by atoms with van der Waals surface area (Å²) in [7, 11) is 0. The van der Waals surface area contributed by atoms with Gasteiger partial charge in [-0.1, -0.05) is 6.92 Å². The highest BCUT2D eigenvalue weighted by Gasteiger charge is 2.14. The van der Waals surface area contributed by atoms with E-state index in [1.54, 1.807) is 0 Å². The molecular weight excluding hydrogens is 212 g/mol. The molecule has 1 aliphatic heterocycles. The molecule has 1 rings (SSSR count). The first-order chi connectivity index (χ1) is 8.33. The third-order valence-electron chi connectivity index (χ3n) is 3.44. The van der Waals surface area contributed by atoms with Crippen molar-refractivity contribution in [2.45, 2.75) is 39.5 Å². The number of ether oxygens (including phenoxy) is 1. The number of hydrogen-bond acceptors (Lipinski definition) is 3. The Morgan fingerprint density at radius 2 is 2.18 bits per heavy atom. The number of nitrogens with one attached hydrogen (secondary N) is 1. The van der Waals surface area contributed by atoms with Crippen molar-refractivity contribution in [3.63, 3.8) is 0 Å². The first-order valence-corrected chi connectivity index (χ1v) is 7.33. The van der Waals surface area contributed by atoms with Crippen LogP contribution in [0.2, 0.25) is 0 Å². The third kappa shape index (κ3) is 7.74. The zero-order chi connectivity index (χ0) is 12.3. The van der Waals surface area contributed by atoms with Gasteiger partial charge in [0.05, 0.1) is 0 Å². The van der Waals surface area contributed by atoms with Gasteiger partial charge < -0.3 is 15.0 Å². The van der Waals surface area contributed by atoms with Gasteiger partial charge in [-0.05, 0) is 51.6 Å². The van der Waals surface area contributed by atoms with E-state index in [1.807, 2.05) is 0 Å². The molecule has 1 aliphatic rings. The van der Waals surface area contributed by atoms with E-state index >= 15 is 0 Å². The summed E-state index contributed by atoms with van der Waals surface area (Å²) in [6, 6.07) is 0. The first-order valence-electron chi connectivity index (χ1n) is 7.33. The van der Waals surface area contributed by atoms with Crippen LogP contribution >= 0.6 is 0 Å². The lowest BCUT2D eigenvalue weighted by molar-refractivity contribution is 0.143. The second kappa shape index (κ2) is 9.86. The van der Waals surface area contributed by atoms with E-state index < -0.39 is 0 Å². The Hall–Kier alpha value is -0.120. The summed E-state index contributed by atoms with van der Waals surface area (Å²) in [6.07, 6.45) is 5.22. The molecule has 0 saturated carbocycles. The monoisotopic (exact) mass is 242 g/mol. The maximum absolute atomic E-state index is 5.31. The quantitative estimate of drug-likeness (QED) is 0.627. The molecule has 3 heteroatoms. The molecule has 1 saturated heterocycles. The highest BCUT2D eigenvalue weighted by atomic mass is 16.5. The molecule has 0 aromatic carbocycles. The Morgan fingerprint density at radius 1 is 1.29 bits per heavy atom. The Kier molecular flexibility index (Phi) is 8.67. The van der Waals surface area contributed by atoms with Gasteiger partial charge in [-0.2, -0.15) is 0 Å². The van der Waals surface area contributed by atoms with Crippen LogP contribution in [0.4, 0.5) is 0 Å². The van der Waals surface area contributed by atoms with Gasteiger partial charge >= 0.3 is 0 Å². The molecule has 0 amide bonds. The van der Waals surface area contributed by atoms with E-state index in [1.165, 1.54) is 45.3 Å². The molecule has 1 N–H and O–H groups in total. The molecular formula is C14H30N2O. The van der Waals surface area contributed by atoms with E-state index in [-0.39, 0.29) is 0 Å². The van der Waals surface area contributed by atoms with E-state index in [0.29, 0.717) is 0 Å². The van der Waals surface area contributed by atoms with E-state index in [4.69, 9.17) is 4.74 Å². The van der Waals surface area contributed by atoms with Crippen LogP contribution in [0.25, 0.3) is 0 Å². The molecule has 1 fully saturated rings. The van der Waals surface area contributed by atoms with Crippen molar-refractivity contribution in [3.8, 4) is 0 Å². The molecule has 1 atom stereocenters. The molecule has 0 spiro atoms. The summed E-state index contributed by atoms with van der Waals surface area (Å²) in [6.45, 7) is 12.3. The maximum Gasteiger partial charge on any atom is 0.0466 e. The SMILES string of the molecule is CCOCCCCNCCN1CCCC(C)C1. The zero-order valence-corrected chi connectivity index (χ0v) is 11.7. The predicted molar refractivity (Wildman–Crippen MR) is 73.4 cm³/mol. The fourth-order valence-corrected chi connectivity index (χ4v) is 2.45. The molecule has 102 valence electrons. The van der Waals surface area contributed by atoms with Crippen molar-refractivity contribution in [2.24, 2.45) is 5.92 Å². The molecule has 1 unspecified atom stereocenters. The van der Waals surface area contributed by atoms with Gasteiger partial charge in [-0.15, -0.1) is 0 Å². The fourth-order valence-electron chi connectivity index (χ4n) is 2.45. The summed E-state index contributed by atoms with van der Waals surface area (Å²) in [5, 5.41) is 3.53. The highest BCUT2D eigenvalue weighted by molar-refractivity contribution is 4.70. The molecule has 3 nitrogen and oxygen atoms in total. The van der Waals surface area contributed by atoms with Gasteiger partial charge in [0.25, 0.3) is 0 Å². The average Bonchev–Trinajstić information content (AvgIpc) is 2.33. The Balaban J connectivity index is 1.83. The second-order valence-electron chi connectivity index (χ2n) is 5.20. The minimum absolute atomic E-state index is 0.848. The van der Waals surface area contributed by atoms with Gasteiger partial charge in [0.2, 0.25) is 0 Å². The van der Waals surface area contributed by atoms with E-state index in [2.05, 4.69) is 24.1 Å². The zero-order valence-electron chi connectivity index (χ0n) is 11.7. The minimum Gasteiger partial charge on any atom is -0.382 e. The molecule has 0 aliphatic carbocycles. The fraction of sp³-hybridized carbons (Fsp3) is 1.00. The van der Waals surface area contributed by atoms with Crippen LogP contribution in [0.15, 0.2) is 0 Å². The molecule has 0 aromatic heterocycles. The number of rotatable bonds is 9. The number of hydrogen-bond donors (Lipinski definition) is 1. The normalized spacial score (nSPS) is 21.9. The predicted octanol–water partition coefficient (Wildman–Crippen LogP) is 2.12. The lowest BCUT2D eigenvalue weighted by atomic mass is 10.0. The van der Waals surface area contributed by atoms with Crippen molar-refractivity contribution in [3.05, 3.63) is 0 Å². The number of likely N-dealkylation sites (tertiary alicyclic amines) is 1. The molecule has 0 radical (unpaired) electrons. The topological polar surface area (TPSA) is 24.5 Å². The van der Waals surface area contributed by atoms with Crippen molar-refractivity contribution >= 4 is 0 Å². The summed E-state index contributed by atoms with van der Waals surface area (Å²) in [4.78, 5) is 2.60. The van der Waals surface area contributed by atoms with Gasteiger partial charge in [-0.3, -0.25) is 0 Å². The number of piperidine rings is 1.